The van der Waals surface area contributed by atoms with Crippen LogP contribution >= 0.6 is 0 Å². The Morgan fingerprint density at radius 3 is 2.05 bits per heavy atom. The predicted molar refractivity (Wildman–Crippen MR) is 73.8 cm³/mol. The number of allylic oxidation sites excluding steroid dienone is 2. The Labute approximate surface area is 115 Å². The molecule has 1 atom stereocenters. The van der Waals surface area contributed by atoms with Crippen LogP contribution in [0.2, 0.25) is 0 Å². The van der Waals surface area contributed by atoms with Crippen LogP contribution in [0.1, 0.15) is 53.4 Å². The van der Waals surface area contributed by atoms with Gasteiger partial charge in [0.05, 0.1) is 12.1 Å². The normalized spacial score (nSPS) is 21.6. The van der Waals surface area contributed by atoms with Gasteiger partial charge in [0.1, 0.15) is 0 Å². The van der Waals surface area contributed by atoms with Gasteiger partial charge in [0.15, 0.2) is 5.78 Å². The molecule has 3 nitrogen and oxygen atoms in total. The molecule has 0 aromatic rings. The Bertz CT molecular complexity index is 460. The number of carbonyl (C=O) groups is 1. The van der Waals surface area contributed by atoms with E-state index in [2.05, 4.69) is 6.92 Å². The van der Waals surface area contributed by atoms with E-state index in [9.17, 15) is 15.3 Å². The second-order valence-corrected chi connectivity index (χ2v) is 5.59. The highest BCUT2D eigenvalue weighted by atomic mass is 16.1. The van der Waals surface area contributed by atoms with Crippen LogP contribution in [-0.4, -0.2) is 5.78 Å². The van der Waals surface area contributed by atoms with Gasteiger partial charge in [-0.05, 0) is 24.3 Å². The lowest BCUT2D eigenvalue weighted by molar-refractivity contribution is -0.120. The molecule has 0 aromatic heterocycles. The molecule has 0 heterocycles. The average Bonchev–Trinajstić information content (AvgIpc) is 2.61. The molecule has 1 aliphatic carbocycles. The van der Waals surface area contributed by atoms with Crippen molar-refractivity contribution in [3.8, 4) is 12.1 Å². The first kappa shape index (κ1) is 15.4. The molecule has 0 saturated carbocycles. The van der Waals surface area contributed by atoms with E-state index in [0.29, 0.717) is 6.42 Å². The van der Waals surface area contributed by atoms with E-state index in [1.807, 2.05) is 32.9 Å². The van der Waals surface area contributed by atoms with Gasteiger partial charge in [-0.3, -0.25) is 4.79 Å². The molecule has 3 heteroatoms. The van der Waals surface area contributed by atoms with Crippen LogP contribution < -0.4 is 0 Å². The maximum atomic E-state index is 12.6. The molecule has 1 unspecified atom stereocenters. The number of hydrogen-bond acceptors (Lipinski definition) is 3. The van der Waals surface area contributed by atoms with Gasteiger partial charge in [-0.2, -0.15) is 10.5 Å². The van der Waals surface area contributed by atoms with Gasteiger partial charge >= 0.3 is 0 Å². The highest BCUT2D eigenvalue weighted by molar-refractivity contribution is 6.07. The number of nitriles is 2. The van der Waals surface area contributed by atoms with Crippen molar-refractivity contribution in [2.45, 2.75) is 53.4 Å². The van der Waals surface area contributed by atoms with Crippen molar-refractivity contribution in [3.05, 3.63) is 11.1 Å². The third-order valence-electron chi connectivity index (χ3n) is 3.90. The van der Waals surface area contributed by atoms with E-state index in [4.69, 9.17) is 0 Å². The Morgan fingerprint density at radius 1 is 1.16 bits per heavy atom. The second kappa shape index (κ2) is 6.02. The minimum Gasteiger partial charge on any atom is -0.291 e. The molecule has 19 heavy (non-hydrogen) atoms. The SMILES string of the molecule is CCCC1=C(CCC)C(C(C)C)C(C#N)(C#N)C1=O. The fourth-order valence-corrected chi connectivity index (χ4v) is 3.24. The summed E-state index contributed by atoms with van der Waals surface area (Å²) in [5.74, 6) is -0.350. The second-order valence-electron chi connectivity index (χ2n) is 5.59. The summed E-state index contributed by atoms with van der Waals surface area (Å²) in [7, 11) is 0. The average molecular weight is 258 g/mol. The molecule has 0 aliphatic heterocycles. The molecular weight excluding hydrogens is 236 g/mol. The number of nitrogens with zero attached hydrogens (tertiary/aromatic N) is 2. The van der Waals surface area contributed by atoms with E-state index in [1.54, 1.807) is 0 Å². The monoisotopic (exact) mass is 258 g/mol. The fourth-order valence-electron chi connectivity index (χ4n) is 3.24. The molecule has 0 spiro atoms. The minimum absolute atomic E-state index is 0.124. The summed E-state index contributed by atoms with van der Waals surface area (Å²) >= 11 is 0. The molecule has 102 valence electrons. The Morgan fingerprint density at radius 2 is 1.68 bits per heavy atom. The minimum atomic E-state index is -1.48. The summed E-state index contributed by atoms with van der Waals surface area (Å²) in [6, 6.07) is 4.07. The molecule has 0 bridgehead atoms. The maximum absolute atomic E-state index is 12.6. The van der Waals surface area contributed by atoms with Crippen molar-refractivity contribution in [3.63, 3.8) is 0 Å². The van der Waals surface area contributed by atoms with Crippen molar-refractivity contribution >= 4 is 5.78 Å². The lowest BCUT2D eigenvalue weighted by Crippen LogP contribution is -2.34. The zero-order valence-corrected chi connectivity index (χ0v) is 12.3. The van der Waals surface area contributed by atoms with Crippen LogP contribution in [0.3, 0.4) is 0 Å². The number of carbonyl (C=O) groups excluding carboxylic acids is 1. The van der Waals surface area contributed by atoms with Crippen LogP contribution in [0.25, 0.3) is 0 Å². The fraction of sp³-hybridized carbons (Fsp3) is 0.688. The standard InChI is InChI=1S/C16H22N2O/c1-5-7-12-13(8-6-2)15(19)16(9-17,10-18)14(12)11(3)4/h11,14H,5-8H2,1-4H3. The lowest BCUT2D eigenvalue weighted by atomic mass is 9.70. The van der Waals surface area contributed by atoms with Gasteiger partial charge in [0, 0.05) is 5.92 Å². The van der Waals surface area contributed by atoms with Crippen LogP contribution in [0, 0.1) is 39.9 Å². The zero-order chi connectivity index (χ0) is 14.6. The molecular formula is C16H22N2O. The largest absolute Gasteiger partial charge is 0.291 e. The maximum Gasteiger partial charge on any atom is 0.212 e. The van der Waals surface area contributed by atoms with Crippen molar-refractivity contribution < 1.29 is 4.79 Å². The number of rotatable bonds is 5. The number of ketones is 1. The molecule has 0 saturated heterocycles. The first-order chi connectivity index (χ1) is 8.99. The van der Waals surface area contributed by atoms with Crippen LogP contribution in [0.4, 0.5) is 0 Å². The van der Waals surface area contributed by atoms with Crippen molar-refractivity contribution in [2.24, 2.45) is 17.3 Å². The molecule has 0 fully saturated rings. The molecule has 1 aliphatic rings. The smallest absolute Gasteiger partial charge is 0.212 e. The van der Waals surface area contributed by atoms with Crippen LogP contribution in [0.5, 0.6) is 0 Å². The van der Waals surface area contributed by atoms with E-state index < -0.39 is 5.41 Å². The van der Waals surface area contributed by atoms with E-state index in [1.165, 1.54) is 0 Å². The van der Waals surface area contributed by atoms with Crippen molar-refractivity contribution in [1.29, 1.82) is 10.5 Å². The zero-order valence-electron chi connectivity index (χ0n) is 12.3. The Hall–Kier alpha value is -1.61. The molecule has 1 rings (SSSR count). The summed E-state index contributed by atoms with van der Waals surface area (Å²) < 4.78 is 0. The van der Waals surface area contributed by atoms with Crippen molar-refractivity contribution in [1.82, 2.24) is 0 Å². The Kier molecular flexibility index (Phi) is 4.90. The highest BCUT2D eigenvalue weighted by Crippen LogP contribution is 2.49. The van der Waals surface area contributed by atoms with Gasteiger partial charge in [-0.1, -0.05) is 46.1 Å². The summed E-state index contributed by atoms with van der Waals surface area (Å²) in [4.78, 5) is 12.6. The lowest BCUT2D eigenvalue weighted by Gasteiger charge is -2.26. The quantitative estimate of drug-likeness (QED) is 0.754. The van der Waals surface area contributed by atoms with Crippen LogP contribution in [-0.2, 0) is 4.79 Å². The third-order valence-corrected chi connectivity index (χ3v) is 3.90. The molecule has 0 aromatic carbocycles. The molecule has 0 amide bonds. The first-order valence-electron chi connectivity index (χ1n) is 7.09. The van der Waals surface area contributed by atoms with Crippen molar-refractivity contribution in [2.75, 3.05) is 0 Å². The predicted octanol–water partition coefficient (Wildman–Crippen LogP) is 3.77. The third kappa shape index (κ3) is 2.30. The van der Waals surface area contributed by atoms with E-state index in [-0.39, 0.29) is 17.6 Å². The number of hydrogen-bond donors (Lipinski definition) is 0. The van der Waals surface area contributed by atoms with Gasteiger partial charge < -0.3 is 0 Å². The van der Waals surface area contributed by atoms with Gasteiger partial charge in [-0.25, -0.2) is 0 Å². The van der Waals surface area contributed by atoms with E-state index in [0.717, 1.165) is 30.4 Å². The molecule has 0 radical (unpaired) electrons. The molecule has 0 N–H and O–H groups in total. The first-order valence-corrected chi connectivity index (χ1v) is 7.09. The number of Topliss-reactive ketones (excluding diaryl/α,β-unsaturated/α-hetero) is 1. The summed E-state index contributed by atoms with van der Waals surface area (Å²) in [5, 5.41) is 18.9. The van der Waals surface area contributed by atoms with E-state index >= 15 is 0 Å². The summed E-state index contributed by atoms with van der Waals surface area (Å²) in [5.41, 5.74) is 0.335. The summed E-state index contributed by atoms with van der Waals surface area (Å²) in [6.07, 6.45) is 3.30. The van der Waals surface area contributed by atoms with Gasteiger partial charge in [-0.15, -0.1) is 0 Å². The highest BCUT2D eigenvalue weighted by Gasteiger charge is 2.55. The van der Waals surface area contributed by atoms with Crippen LogP contribution in [0.15, 0.2) is 11.1 Å². The van der Waals surface area contributed by atoms with Gasteiger partial charge in [0.2, 0.25) is 5.41 Å². The summed E-state index contributed by atoms with van der Waals surface area (Å²) in [6.45, 7) is 8.07. The van der Waals surface area contributed by atoms with Gasteiger partial charge in [0.25, 0.3) is 0 Å². The topological polar surface area (TPSA) is 64.7 Å². The Balaban J connectivity index is 3.44.